The Morgan fingerprint density at radius 1 is 1.24 bits per heavy atom. The molecule has 6 nitrogen and oxygen atoms in total. The molecule has 1 aromatic carbocycles. The number of rotatable bonds is 8. The fourth-order valence-electron chi connectivity index (χ4n) is 2.39. The average Bonchev–Trinajstić information content (AvgIpc) is 3.07. The monoisotopic (exact) mass is 346 g/mol. The third-order valence-electron chi connectivity index (χ3n) is 3.78. The number of carbonyl (C=O) groups is 2. The summed E-state index contributed by atoms with van der Waals surface area (Å²) in [7, 11) is 0. The fourth-order valence-corrected chi connectivity index (χ4v) is 2.39. The maximum atomic E-state index is 12.9. The normalized spacial score (nSPS) is 10.5. The maximum Gasteiger partial charge on any atom is 0.274 e. The van der Waals surface area contributed by atoms with Gasteiger partial charge in [0.2, 0.25) is 5.91 Å². The number of carbonyl (C=O) groups excluding carboxylic acids is 2. The fraction of sp³-hybridized carbons (Fsp3) is 0.389. The topological polar surface area (TPSA) is 78.1 Å². The zero-order valence-electron chi connectivity index (χ0n) is 14.5. The lowest BCUT2D eigenvalue weighted by Crippen LogP contribution is -2.40. The van der Waals surface area contributed by atoms with Crippen molar-refractivity contribution in [3.05, 3.63) is 53.1 Å². The molecule has 0 atom stereocenters. The Morgan fingerprint density at radius 3 is 2.60 bits per heavy atom. The van der Waals surface area contributed by atoms with E-state index in [9.17, 15) is 14.0 Å². The number of aromatic amines is 1. The van der Waals surface area contributed by atoms with Crippen LogP contribution >= 0.6 is 0 Å². The molecule has 134 valence electrons. The van der Waals surface area contributed by atoms with E-state index < -0.39 is 0 Å². The molecule has 0 bridgehead atoms. The molecule has 2 rings (SSSR count). The number of aromatic nitrogens is 2. The molecule has 1 aromatic heterocycles. The standard InChI is InChI=1S/C18H23FN4O2/c1-3-5-15-10-16(22-21-15)18(25)23(4-2)12-17(24)20-11-13-6-8-14(19)9-7-13/h6-10H,3-5,11-12H2,1-2H3,(H,20,24)(H,21,22). The molecule has 0 aliphatic rings. The molecule has 1 heterocycles. The van der Waals surface area contributed by atoms with Crippen LogP contribution in [-0.2, 0) is 17.8 Å². The van der Waals surface area contributed by atoms with Gasteiger partial charge in [0, 0.05) is 18.8 Å². The molecule has 0 spiro atoms. The molecule has 0 saturated carbocycles. The number of nitrogens with zero attached hydrogens (tertiary/aromatic N) is 2. The van der Waals surface area contributed by atoms with Crippen molar-refractivity contribution in [2.24, 2.45) is 0 Å². The lowest BCUT2D eigenvalue weighted by Gasteiger charge is -2.19. The first-order valence-corrected chi connectivity index (χ1v) is 8.38. The van der Waals surface area contributed by atoms with E-state index in [4.69, 9.17) is 0 Å². The molecule has 0 unspecified atom stereocenters. The van der Waals surface area contributed by atoms with Gasteiger partial charge in [-0.3, -0.25) is 14.7 Å². The highest BCUT2D eigenvalue weighted by Gasteiger charge is 2.19. The van der Waals surface area contributed by atoms with Crippen molar-refractivity contribution in [1.82, 2.24) is 20.4 Å². The summed E-state index contributed by atoms with van der Waals surface area (Å²) in [5.41, 5.74) is 2.01. The molecule has 2 N–H and O–H groups in total. The van der Waals surface area contributed by atoms with E-state index in [1.165, 1.54) is 17.0 Å². The zero-order valence-corrected chi connectivity index (χ0v) is 14.5. The second-order valence-electron chi connectivity index (χ2n) is 5.75. The number of hydrogen-bond donors (Lipinski definition) is 2. The van der Waals surface area contributed by atoms with Crippen molar-refractivity contribution in [2.45, 2.75) is 33.2 Å². The minimum atomic E-state index is -0.320. The molecule has 0 fully saturated rings. The van der Waals surface area contributed by atoms with E-state index in [0.717, 1.165) is 24.1 Å². The third-order valence-corrected chi connectivity index (χ3v) is 3.78. The number of benzene rings is 1. The highest BCUT2D eigenvalue weighted by atomic mass is 19.1. The summed E-state index contributed by atoms with van der Waals surface area (Å²) >= 11 is 0. The summed E-state index contributed by atoms with van der Waals surface area (Å²) in [4.78, 5) is 26.0. The van der Waals surface area contributed by atoms with Gasteiger partial charge in [-0.25, -0.2) is 4.39 Å². The Balaban J connectivity index is 1.89. The summed E-state index contributed by atoms with van der Waals surface area (Å²) in [6, 6.07) is 7.63. The molecule has 0 aliphatic heterocycles. The number of aryl methyl sites for hydroxylation is 1. The second-order valence-corrected chi connectivity index (χ2v) is 5.75. The lowest BCUT2D eigenvalue weighted by atomic mass is 10.2. The van der Waals surface area contributed by atoms with E-state index >= 15 is 0 Å². The Morgan fingerprint density at radius 2 is 1.96 bits per heavy atom. The molecule has 0 aliphatic carbocycles. The molecule has 0 saturated heterocycles. The van der Waals surface area contributed by atoms with Gasteiger partial charge in [-0.2, -0.15) is 5.10 Å². The highest BCUT2D eigenvalue weighted by molar-refractivity contribution is 5.95. The van der Waals surface area contributed by atoms with Crippen molar-refractivity contribution in [2.75, 3.05) is 13.1 Å². The van der Waals surface area contributed by atoms with Crippen LogP contribution in [0.15, 0.2) is 30.3 Å². The maximum absolute atomic E-state index is 12.9. The summed E-state index contributed by atoms with van der Waals surface area (Å²) in [6.45, 7) is 4.50. The molecule has 7 heteroatoms. The van der Waals surface area contributed by atoms with Crippen LogP contribution in [0.3, 0.4) is 0 Å². The van der Waals surface area contributed by atoms with E-state index in [-0.39, 0.29) is 30.7 Å². The van der Waals surface area contributed by atoms with Crippen LogP contribution in [0.1, 0.15) is 42.0 Å². The third kappa shape index (κ3) is 5.41. The summed E-state index contributed by atoms with van der Waals surface area (Å²) in [5, 5.41) is 9.60. The van der Waals surface area contributed by atoms with E-state index in [2.05, 4.69) is 15.5 Å². The van der Waals surface area contributed by atoms with Crippen LogP contribution in [0, 0.1) is 5.82 Å². The number of H-pyrrole nitrogens is 1. The van der Waals surface area contributed by atoms with Gasteiger partial charge < -0.3 is 10.2 Å². The minimum absolute atomic E-state index is 0.0491. The average molecular weight is 346 g/mol. The Hall–Kier alpha value is -2.70. The Bertz CT molecular complexity index is 712. The van der Waals surface area contributed by atoms with Crippen molar-refractivity contribution in [1.29, 1.82) is 0 Å². The van der Waals surface area contributed by atoms with Crippen LogP contribution < -0.4 is 5.32 Å². The van der Waals surface area contributed by atoms with Gasteiger partial charge in [-0.05, 0) is 37.1 Å². The van der Waals surface area contributed by atoms with Gasteiger partial charge in [0.05, 0.1) is 6.54 Å². The van der Waals surface area contributed by atoms with Gasteiger partial charge in [-0.1, -0.05) is 25.5 Å². The van der Waals surface area contributed by atoms with Gasteiger partial charge in [0.1, 0.15) is 11.5 Å². The smallest absolute Gasteiger partial charge is 0.274 e. The van der Waals surface area contributed by atoms with Gasteiger partial charge in [-0.15, -0.1) is 0 Å². The largest absolute Gasteiger partial charge is 0.350 e. The van der Waals surface area contributed by atoms with Gasteiger partial charge in [0.25, 0.3) is 5.91 Å². The predicted molar refractivity (Wildman–Crippen MR) is 92.4 cm³/mol. The quantitative estimate of drug-likeness (QED) is 0.770. The number of nitrogens with one attached hydrogen (secondary N) is 2. The predicted octanol–water partition coefficient (Wildman–Crippen LogP) is 2.28. The number of amides is 2. The van der Waals surface area contributed by atoms with Gasteiger partial charge >= 0.3 is 0 Å². The second kappa shape index (κ2) is 8.96. The van der Waals surface area contributed by atoms with Crippen LogP contribution in [-0.4, -0.2) is 40.0 Å². The summed E-state index contributed by atoms with van der Waals surface area (Å²) < 4.78 is 12.9. The Labute approximate surface area is 146 Å². The molecule has 0 radical (unpaired) electrons. The molecular formula is C18H23FN4O2. The van der Waals surface area contributed by atoms with Gasteiger partial charge in [0.15, 0.2) is 0 Å². The van der Waals surface area contributed by atoms with Crippen molar-refractivity contribution in [3.63, 3.8) is 0 Å². The number of likely N-dealkylation sites (N-methyl/N-ethyl adjacent to an activating group) is 1. The summed E-state index contributed by atoms with van der Waals surface area (Å²) in [6.07, 6.45) is 1.78. The van der Waals surface area contributed by atoms with Crippen LogP contribution in [0.4, 0.5) is 4.39 Å². The molecular weight excluding hydrogens is 323 g/mol. The first kappa shape index (κ1) is 18.6. The highest BCUT2D eigenvalue weighted by Crippen LogP contribution is 2.07. The Kier molecular flexibility index (Phi) is 6.68. The number of halogens is 1. The van der Waals surface area contributed by atoms with Crippen molar-refractivity contribution >= 4 is 11.8 Å². The van der Waals surface area contributed by atoms with Crippen LogP contribution in [0.25, 0.3) is 0 Å². The van der Waals surface area contributed by atoms with Crippen molar-refractivity contribution in [3.8, 4) is 0 Å². The van der Waals surface area contributed by atoms with Crippen molar-refractivity contribution < 1.29 is 14.0 Å². The molecule has 2 aromatic rings. The SMILES string of the molecule is CCCc1cc(C(=O)N(CC)CC(=O)NCc2ccc(F)cc2)n[nH]1. The van der Waals surface area contributed by atoms with Crippen LogP contribution in [0.2, 0.25) is 0 Å². The number of hydrogen-bond acceptors (Lipinski definition) is 3. The molecule has 2 amide bonds. The first-order chi connectivity index (χ1) is 12.0. The van der Waals surface area contributed by atoms with E-state index in [1.807, 2.05) is 13.8 Å². The van der Waals surface area contributed by atoms with E-state index in [0.29, 0.717) is 12.2 Å². The summed E-state index contributed by atoms with van der Waals surface area (Å²) in [5.74, 6) is -0.874. The first-order valence-electron chi connectivity index (χ1n) is 8.38. The zero-order chi connectivity index (χ0) is 18.2. The van der Waals surface area contributed by atoms with Crippen LogP contribution in [0.5, 0.6) is 0 Å². The lowest BCUT2D eigenvalue weighted by molar-refractivity contribution is -0.121. The van der Waals surface area contributed by atoms with E-state index in [1.54, 1.807) is 18.2 Å². The molecule has 25 heavy (non-hydrogen) atoms. The minimum Gasteiger partial charge on any atom is -0.350 e.